The summed E-state index contributed by atoms with van der Waals surface area (Å²) < 4.78 is 37.1. The summed E-state index contributed by atoms with van der Waals surface area (Å²) in [6, 6.07) is 0. The Bertz CT molecular complexity index is 719. The van der Waals surface area contributed by atoms with Crippen molar-refractivity contribution in [2.24, 2.45) is 0 Å². The first-order chi connectivity index (χ1) is 26.3. The smallest absolute Gasteiger partial charge is 0.351 e. The van der Waals surface area contributed by atoms with Crippen LogP contribution in [0.2, 0.25) is 8.87 Å². The van der Waals surface area contributed by atoms with Crippen LogP contribution in [0.3, 0.4) is 0 Å². The molecule has 0 atom stereocenters. The van der Waals surface area contributed by atoms with E-state index in [4.69, 9.17) is 23.9 Å². The topological polar surface area (TPSA) is 89.5 Å². The molecule has 0 bridgehead atoms. The van der Waals surface area contributed by atoms with Gasteiger partial charge in [0.05, 0.1) is 0 Å². The summed E-state index contributed by atoms with van der Waals surface area (Å²) in [7, 11) is -2.88. The van der Waals surface area contributed by atoms with Crippen molar-refractivity contribution in [1.29, 1.82) is 0 Å². The molecule has 0 aromatic carbocycles. The fourth-order valence-corrected chi connectivity index (χ4v) is 18.4. The number of rotatable bonds is 40. The molecule has 10 heteroatoms. The molecule has 0 radical (unpaired) electrons. The van der Waals surface area contributed by atoms with E-state index < -0.39 is 28.3 Å². The van der Waals surface area contributed by atoms with Crippen molar-refractivity contribution >= 4 is 40.2 Å². The molecule has 0 saturated carbocycles. The minimum Gasteiger partial charge on any atom is -0.351 e. The molecule has 0 rings (SSSR count). The zero-order chi connectivity index (χ0) is 40.4. The number of carbonyl (C=O) groups is 2. The summed E-state index contributed by atoms with van der Waals surface area (Å²) >= 11 is -3.76. The van der Waals surface area contributed by atoms with E-state index in [9.17, 15) is 9.59 Å². The molecule has 0 fully saturated rings. The van der Waals surface area contributed by atoms with Gasteiger partial charge in [-0.2, -0.15) is 0 Å². The van der Waals surface area contributed by atoms with E-state index in [1.807, 2.05) is 0 Å². The Kier molecular flexibility index (Phi) is 43.9. The van der Waals surface area contributed by atoms with Crippen molar-refractivity contribution in [2.75, 3.05) is 26.4 Å². The van der Waals surface area contributed by atoms with Gasteiger partial charge in [-0.3, -0.25) is 0 Å². The van der Waals surface area contributed by atoms with E-state index in [1.165, 1.54) is 89.9 Å². The molecular weight excluding hydrogens is 803 g/mol. The SMILES string of the molecule is CCCCCCCCCCCC(=O)[O][Sn]([CH2]CCC)([CH2]CCC)[O]C(=O)CCCCCCCCCCC.CCCO[Si](OCCC)(OCCC)OCCC. The van der Waals surface area contributed by atoms with E-state index in [1.54, 1.807) is 0 Å². The van der Waals surface area contributed by atoms with E-state index in [0.717, 1.165) is 85.9 Å². The fraction of sp³-hybridized carbons (Fsp3) is 0.955. The summed E-state index contributed by atoms with van der Waals surface area (Å²) in [5.41, 5.74) is 0. The number of carbonyl (C=O) groups excluding carboxylic acids is 2. The van der Waals surface area contributed by atoms with E-state index in [-0.39, 0.29) is 11.9 Å². The van der Waals surface area contributed by atoms with Crippen LogP contribution in [0.1, 0.15) is 235 Å². The van der Waals surface area contributed by atoms with Gasteiger partial charge in [0, 0.05) is 26.4 Å². The average Bonchev–Trinajstić information content (AvgIpc) is 3.17. The Hall–Kier alpha value is -0.204. The van der Waals surface area contributed by atoms with Crippen molar-refractivity contribution < 1.29 is 33.4 Å². The Morgan fingerprint density at radius 3 is 0.870 bits per heavy atom. The van der Waals surface area contributed by atoms with Crippen molar-refractivity contribution in [3.63, 3.8) is 0 Å². The van der Waals surface area contributed by atoms with Gasteiger partial charge in [0.25, 0.3) is 0 Å². The van der Waals surface area contributed by atoms with Crippen LogP contribution in [-0.2, 0) is 33.4 Å². The predicted octanol–water partition coefficient (Wildman–Crippen LogP) is 14.1. The maximum absolute atomic E-state index is 12.8. The first kappa shape index (κ1) is 55.9. The normalized spacial score (nSPS) is 11.7. The van der Waals surface area contributed by atoms with Crippen molar-refractivity contribution in [2.45, 2.75) is 244 Å². The Morgan fingerprint density at radius 1 is 0.352 bits per heavy atom. The zero-order valence-electron chi connectivity index (χ0n) is 37.3. The molecule has 0 N–H and O–H groups in total. The van der Waals surface area contributed by atoms with Crippen molar-refractivity contribution in [3.05, 3.63) is 0 Å². The molecule has 8 nitrogen and oxygen atoms in total. The molecule has 54 heavy (non-hydrogen) atoms. The van der Waals surface area contributed by atoms with Crippen LogP contribution < -0.4 is 0 Å². The maximum atomic E-state index is 12.8. The Morgan fingerprint density at radius 2 is 0.611 bits per heavy atom. The van der Waals surface area contributed by atoms with Gasteiger partial charge in [0.2, 0.25) is 0 Å². The molecule has 0 aromatic rings. The van der Waals surface area contributed by atoms with Gasteiger partial charge >= 0.3 is 233 Å². The van der Waals surface area contributed by atoms with Gasteiger partial charge in [0.1, 0.15) is 0 Å². The second-order valence-electron chi connectivity index (χ2n) is 15.1. The Labute approximate surface area is 342 Å². The van der Waals surface area contributed by atoms with Crippen molar-refractivity contribution in [3.8, 4) is 0 Å². The second-order valence-corrected chi connectivity index (χ2v) is 26.5. The molecule has 0 aliphatic heterocycles. The quantitative estimate of drug-likeness (QED) is 0.0444. The third-order valence-corrected chi connectivity index (χ3v) is 21.3. The van der Waals surface area contributed by atoms with Crippen LogP contribution in [0.15, 0.2) is 0 Å². The number of hydrogen-bond acceptors (Lipinski definition) is 8. The monoisotopic (exact) mass is 897 g/mol. The van der Waals surface area contributed by atoms with E-state index in [0.29, 0.717) is 39.3 Å². The molecule has 0 unspecified atom stereocenters. The number of hydrogen-bond donors (Lipinski definition) is 0. The third-order valence-electron chi connectivity index (χ3n) is 9.32. The summed E-state index contributed by atoms with van der Waals surface area (Å²) in [4.78, 5) is 25.7. The molecular formula is C44H92O8SiSn. The summed E-state index contributed by atoms with van der Waals surface area (Å²) in [6.07, 6.45) is 30.9. The van der Waals surface area contributed by atoms with Crippen molar-refractivity contribution in [1.82, 2.24) is 0 Å². The first-order valence-corrected chi connectivity index (χ1v) is 31.3. The molecule has 0 saturated heterocycles. The van der Waals surface area contributed by atoms with E-state index in [2.05, 4.69) is 55.4 Å². The second kappa shape index (κ2) is 42.4. The summed E-state index contributed by atoms with van der Waals surface area (Å²) in [6.45, 7) is 19.6. The van der Waals surface area contributed by atoms with Crippen LogP contribution >= 0.6 is 0 Å². The van der Waals surface area contributed by atoms with Gasteiger partial charge in [-0.05, 0) is 25.7 Å². The molecule has 324 valence electrons. The third kappa shape index (κ3) is 35.0. The van der Waals surface area contributed by atoms with Gasteiger partial charge in [0.15, 0.2) is 0 Å². The van der Waals surface area contributed by atoms with Gasteiger partial charge < -0.3 is 17.7 Å². The predicted molar refractivity (Wildman–Crippen MR) is 232 cm³/mol. The first-order valence-electron chi connectivity index (χ1n) is 23.3. The van der Waals surface area contributed by atoms with Crippen LogP contribution in [-0.4, -0.2) is 66.6 Å². The average molecular weight is 896 g/mol. The molecule has 0 amide bonds. The van der Waals surface area contributed by atoms with Crippen LogP contribution in [0.25, 0.3) is 0 Å². The molecule has 0 aliphatic carbocycles. The molecule has 0 aromatic heterocycles. The molecule has 0 heterocycles. The molecule has 0 aliphatic rings. The zero-order valence-corrected chi connectivity index (χ0v) is 41.2. The Balaban J connectivity index is 0. The molecule has 0 spiro atoms. The van der Waals surface area contributed by atoms with Crippen LogP contribution in [0, 0.1) is 0 Å². The minimum absolute atomic E-state index is 0.109. The van der Waals surface area contributed by atoms with Crippen LogP contribution in [0.5, 0.6) is 0 Å². The number of unbranched alkanes of at least 4 members (excludes halogenated alkanes) is 18. The van der Waals surface area contributed by atoms with Crippen LogP contribution in [0.4, 0.5) is 0 Å². The summed E-state index contributed by atoms with van der Waals surface area (Å²) in [5.74, 6) is -0.219. The fourth-order valence-electron chi connectivity index (χ4n) is 6.08. The van der Waals surface area contributed by atoms with E-state index >= 15 is 0 Å². The van der Waals surface area contributed by atoms with Gasteiger partial charge in [-0.15, -0.1) is 0 Å². The minimum atomic E-state index is -3.76. The summed E-state index contributed by atoms with van der Waals surface area (Å²) in [5, 5.41) is 0. The standard InChI is InChI=1S/C12H28O4Si.2C12H24O2.2C4H9.Sn/c1-5-9-13-17(14-10-6-2,15-11-7-3)16-12-8-4;2*1-2-3-4-5-6-7-8-9-10-11-12(13)14;2*1-3-4-2;/h5-12H2,1-4H3;2*2-11H2,1H3,(H,13,14);2*1,3-4H2,2H3;/q;;;;;+2/p-2. The van der Waals surface area contributed by atoms with Gasteiger partial charge in [-0.1, -0.05) is 41.5 Å². The van der Waals surface area contributed by atoms with Gasteiger partial charge in [-0.25, -0.2) is 0 Å².